The van der Waals surface area contributed by atoms with Crippen LogP contribution in [0.2, 0.25) is 0 Å². The van der Waals surface area contributed by atoms with Gasteiger partial charge in [0.25, 0.3) is 5.91 Å². The lowest BCUT2D eigenvalue weighted by Crippen LogP contribution is -3.08. The van der Waals surface area contributed by atoms with Crippen LogP contribution in [0.25, 0.3) is 10.8 Å². The molecule has 4 heteroatoms. The van der Waals surface area contributed by atoms with Gasteiger partial charge < -0.3 is 15.0 Å². The zero-order chi connectivity index (χ0) is 21.0. The van der Waals surface area contributed by atoms with Gasteiger partial charge in [0.1, 0.15) is 12.3 Å². The molecule has 0 heterocycles. The van der Waals surface area contributed by atoms with Crippen LogP contribution >= 0.6 is 0 Å². The van der Waals surface area contributed by atoms with Crippen LogP contribution in [0.15, 0.2) is 54.6 Å². The van der Waals surface area contributed by atoms with E-state index >= 15 is 0 Å². The van der Waals surface area contributed by atoms with Crippen molar-refractivity contribution < 1.29 is 14.4 Å². The van der Waals surface area contributed by atoms with Crippen LogP contribution in [-0.4, -0.2) is 26.6 Å². The normalized spacial score (nSPS) is 12.2. The van der Waals surface area contributed by atoms with Gasteiger partial charge in [-0.1, -0.05) is 50.2 Å². The van der Waals surface area contributed by atoms with Gasteiger partial charge in [-0.3, -0.25) is 4.79 Å². The van der Waals surface area contributed by atoms with E-state index in [0.717, 1.165) is 33.8 Å². The molecule has 4 nitrogen and oxygen atoms in total. The number of hydrogen-bond acceptors (Lipinski definition) is 2. The van der Waals surface area contributed by atoms with Crippen LogP contribution < -0.4 is 15.0 Å². The molecule has 1 atom stereocenters. The van der Waals surface area contributed by atoms with Gasteiger partial charge in [-0.25, -0.2) is 0 Å². The van der Waals surface area contributed by atoms with E-state index in [1.807, 2.05) is 31.2 Å². The number of hydrogen-bond donors (Lipinski definition) is 2. The zero-order valence-corrected chi connectivity index (χ0v) is 18.0. The monoisotopic (exact) mass is 391 g/mol. The molecule has 0 bridgehead atoms. The highest BCUT2D eigenvalue weighted by atomic mass is 16.5. The van der Waals surface area contributed by atoms with Gasteiger partial charge in [-0.05, 0) is 52.9 Å². The molecule has 1 unspecified atom stereocenters. The molecular formula is C25H31N2O2+. The molecule has 3 aromatic carbocycles. The highest BCUT2D eigenvalue weighted by Crippen LogP contribution is 2.27. The zero-order valence-electron chi connectivity index (χ0n) is 18.0. The van der Waals surface area contributed by atoms with Gasteiger partial charge in [0.15, 0.2) is 6.54 Å². The Balaban J connectivity index is 1.66. The molecule has 2 N–H and O–H groups in total. The summed E-state index contributed by atoms with van der Waals surface area (Å²) in [6, 6.07) is 18.7. The van der Waals surface area contributed by atoms with Crippen molar-refractivity contribution in [2.24, 2.45) is 0 Å². The van der Waals surface area contributed by atoms with Gasteiger partial charge in [0.2, 0.25) is 0 Å². The maximum absolute atomic E-state index is 12.7. The number of rotatable bonds is 7. The maximum atomic E-state index is 12.7. The lowest BCUT2D eigenvalue weighted by molar-refractivity contribution is -0.885. The lowest BCUT2D eigenvalue weighted by atomic mass is 9.98. The molecule has 29 heavy (non-hydrogen) atoms. The van der Waals surface area contributed by atoms with Gasteiger partial charge in [-0.15, -0.1) is 0 Å². The van der Waals surface area contributed by atoms with Crippen molar-refractivity contribution >= 4 is 22.4 Å². The molecule has 0 aliphatic heterocycles. The van der Waals surface area contributed by atoms with E-state index in [-0.39, 0.29) is 5.91 Å². The minimum Gasteiger partial charge on any atom is -0.497 e. The summed E-state index contributed by atoms with van der Waals surface area (Å²) in [6.07, 6.45) is 0. The summed E-state index contributed by atoms with van der Waals surface area (Å²) in [6.45, 7) is 7.56. The van der Waals surface area contributed by atoms with Gasteiger partial charge in [-0.2, -0.15) is 0 Å². The second kappa shape index (κ2) is 9.10. The minimum absolute atomic E-state index is 0.0456. The van der Waals surface area contributed by atoms with E-state index in [0.29, 0.717) is 12.5 Å². The van der Waals surface area contributed by atoms with E-state index in [1.54, 1.807) is 7.11 Å². The van der Waals surface area contributed by atoms with Crippen molar-refractivity contribution in [1.82, 2.24) is 0 Å². The fourth-order valence-corrected chi connectivity index (χ4v) is 3.72. The van der Waals surface area contributed by atoms with Gasteiger partial charge >= 0.3 is 0 Å². The standard InChI is InChI=1S/C25H30N2O2/c1-17(2)23-8-6-7-18(3)25(23)26-24(28)16-27(4)15-19-9-10-21-14-22(29-5)12-11-20(21)13-19/h6-14,17H,15-16H2,1-5H3,(H,26,28)/p+1. The molecule has 1 amide bonds. The van der Waals surface area contributed by atoms with Crippen molar-refractivity contribution in [3.63, 3.8) is 0 Å². The first kappa shape index (κ1) is 20.9. The van der Waals surface area contributed by atoms with E-state index in [2.05, 4.69) is 56.5 Å². The Hall–Kier alpha value is -2.85. The smallest absolute Gasteiger partial charge is 0.279 e. The highest BCUT2D eigenvalue weighted by molar-refractivity contribution is 5.93. The van der Waals surface area contributed by atoms with Crippen molar-refractivity contribution in [2.75, 3.05) is 26.0 Å². The number of nitrogens with one attached hydrogen (secondary N) is 2. The molecular weight excluding hydrogens is 360 g/mol. The van der Waals surface area contributed by atoms with Crippen LogP contribution in [0.1, 0.15) is 36.5 Å². The number of anilines is 1. The number of ether oxygens (including phenoxy) is 1. The third kappa shape index (κ3) is 5.15. The number of methoxy groups -OCH3 is 1. The number of quaternary nitrogens is 1. The Morgan fingerprint density at radius 2 is 1.79 bits per heavy atom. The van der Waals surface area contributed by atoms with Crippen molar-refractivity contribution in [3.8, 4) is 5.75 Å². The van der Waals surface area contributed by atoms with Crippen molar-refractivity contribution in [1.29, 1.82) is 0 Å². The van der Waals surface area contributed by atoms with Gasteiger partial charge in [0, 0.05) is 11.3 Å². The Morgan fingerprint density at radius 1 is 1.07 bits per heavy atom. The predicted octanol–water partition coefficient (Wildman–Crippen LogP) is 3.93. The number of likely N-dealkylation sites (N-methyl/N-ethyl adjacent to an activating group) is 1. The third-order valence-electron chi connectivity index (χ3n) is 5.27. The molecule has 0 saturated carbocycles. The summed E-state index contributed by atoms with van der Waals surface area (Å²) >= 11 is 0. The second-order valence-electron chi connectivity index (χ2n) is 8.10. The number of amides is 1. The molecule has 152 valence electrons. The topological polar surface area (TPSA) is 42.8 Å². The number of benzene rings is 3. The molecule has 0 fully saturated rings. The first-order valence-electron chi connectivity index (χ1n) is 10.1. The number of carbonyl (C=O) groups excluding carboxylic acids is 1. The van der Waals surface area contributed by atoms with E-state index < -0.39 is 0 Å². The first-order valence-corrected chi connectivity index (χ1v) is 10.1. The maximum Gasteiger partial charge on any atom is 0.279 e. The van der Waals surface area contributed by atoms with E-state index in [9.17, 15) is 4.79 Å². The van der Waals surface area contributed by atoms with Crippen molar-refractivity contribution in [2.45, 2.75) is 33.2 Å². The SMILES string of the molecule is COc1ccc2cc(C[NH+](C)CC(=O)Nc3c(C)cccc3C(C)C)ccc2c1. The lowest BCUT2D eigenvalue weighted by Gasteiger charge is -2.18. The molecule has 0 spiro atoms. The van der Waals surface area contributed by atoms with Crippen LogP contribution in [0, 0.1) is 6.92 Å². The van der Waals surface area contributed by atoms with Gasteiger partial charge in [0.05, 0.1) is 14.2 Å². The number of aryl methyl sites for hydroxylation is 1. The average molecular weight is 392 g/mol. The summed E-state index contributed by atoms with van der Waals surface area (Å²) < 4.78 is 5.29. The number of fused-ring (bicyclic) bond motifs is 1. The Bertz CT molecular complexity index is 1010. The Morgan fingerprint density at radius 3 is 2.52 bits per heavy atom. The summed E-state index contributed by atoms with van der Waals surface area (Å²) in [5.74, 6) is 1.28. The summed E-state index contributed by atoms with van der Waals surface area (Å²) in [4.78, 5) is 13.8. The van der Waals surface area contributed by atoms with E-state index in [4.69, 9.17) is 4.74 Å². The minimum atomic E-state index is 0.0456. The molecule has 0 radical (unpaired) electrons. The summed E-state index contributed by atoms with van der Waals surface area (Å²) in [5, 5.41) is 5.48. The summed E-state index contributed by atoms with van der Waals surface area (Å²) in [5.41, 5.74) is 4.46. The number of carbonyl (C=O) groups is 1. The Labute approximate surface area is 173 Å². The molecule has 0 saturated heterocycles. The largest absolute Gasteiger partial charge is 0.497 e. The van der Waals surface area contributed by atoms with Crippen LogP contribution in [0.5, 0.6) is 5.75 Å². The predicted molar refractivity (Wildman–Crippen MR) is 120 cm³/mol. The highest BCUT2D eigenvalue weighted by Gasteiger charge is 2.15. The fourth-order valence-electron chi connectivity index (χ4n) is 3.72. The quantitative estimate of drug-likeness (QED) is 0.641. The molecule has 3 aromatic rings. The first-order chi connectivity index (χ1) is 13.9. The van der Waals surface area contributed by atoms with E-state index in [1.165, 1.54) is 16.5 Å². The number of para-hydroxylation sites is 1. The Kier molecular flexibility index (Phi) is 6.55. The molecule has 0 aliphatic rings. The molecule has 0 aliphatic carbocycles. The third-order valence-corrected chi connectivity index (χ3v) is 5.27. The molecule has 0 aromatic heterocycles. The van der Waals surface area contributed by atoms with Crippen molar-refractivity contribution in [3.05, 3.63) is 71.3 Å². The second-order valence-corrected chi connectivity index (χ2v) is 8.10. The average Bonchev–Trinajstić information content (AvgIpc) is 2.68. The van der Waals surface area contributed by atoms with Crippen LogP contribution in [-0.2, 0) is 11.3 Å². The molecule has 3 rings (SSSR count). The summed E-state index contributed by atoms with van der Waals surface area (Å²) in [7, 11) is 3.74. The van der Waals surface area contributed by atoms with Crippen LogP contribution in [0.4, 0.5) is 5.69 Å². The fraction of sp³-hybridized carbons (Fsp3) is 0.320. The van der Waals surface area contributed by atoms with Crippen LogP contribution in [0.3, 0.4) is 0 Å².